The van der Waals surface area contributed by atoms with E-state index >= 15 is 0 Å². The Balaban J connectivity index is 1.98. The van der Waals surface area contributed by atoms with Crippen LogP contribution in [0.2, 0.25) is 0 Å². The lowest BCUT2D eigenvalue weighted by Crippen LogP contribution is -2.07. The van der Waals surface area contributed by atoms with Gasteiger partial charge >= 0.3 is 0 Å². The van der Waals surface area contributed by atoms with Gasteiger partial charge in [-0.25, -0.2) is 0 Å². The predicted octanol–water partition coefficient (Wildman–Crippen LogP) is 5.55. The quantitative estimate of drug-likeness (QED) is 0.468. The lowest BCUT2D eigenvalue weighted by molar-refractivity contribution is 0.00272. The minimum atomic E-state index is 0.304. The Hall–Kier alpha value is -2.06. The van der Waals surface area contributed by atoms with Gasteiger partial charge in [0.05, 0.1) is 6.61 Å². The van der Waals surface area contributed by atoms with Gasteiger partial charge in [-0.2, -0.15) is 0 Å². The maximum Gasteiger partial charge on any atom is 0.189 e. The summed E-state index contributed by atoms with van der Waals surface area (Å²) >= 11 is 0. The molecule has 0 unspecified atom stereocenters. The first-order valence-electron chi connectivity index (χ1n) is 8.51. The highest BCUT2D eigenvalue weighted by Gasteiger charge is 2.06. The zero-order valence-corrected chi connectivity index (χ0v) is 15.3. The maximum atomic E-state index is 5.61. The molecule has 24 heavy (non-hydrogen) atoms. The highest BCUT2D eigenvalue weighted by Crippen LogP contribution is 2.22. The molecule has 2 aromatic rings. The Bertz CT molecular complexity index is 646. The molecule has 0 aliphatic heterocycles. The summed E-state index contributed by atoms with van der Waals surface area (Å²) in [6.45, 7) is 13.5. The van der Waals surface area contributed by atoms with Gasteiger partial charge in [-0.3, -0.25) is 0 Å². The topological polar surface area (TPSA) is 18.5 Å². The van der Waals surface area contributed by atoms with Crippen molar-refractivity contribution in [1.82, 2.24) is 0 Å². The van der Waals surface area contributed by atoms with E-state index in [0.717, 1.165) is 18.8 Å². The highest BCUT2D eigenvalue weighted by molar-refractivity contribution is 5.53. The molecule has 0 bridgehead atoms. The molecule has 0 saturated carbocycles. The monoisotopic (exact) mass is 324 g/mol. The molecule has 2 heteroatoms. The van der Waals surface area contributed by atoms with Crippen LogP contribution >= 0.6 is 0 Å². The van der Waals surface area contributed by atoms with Gasteiger partial charge in [0.15, 0.2) is 6.79 Å². The van der Waals surface area contributed by atoms with Crippen LogP contribution in [0.4, 0.5) is 0 Å². The van der Waals surface area contributed by atoms with E-state index in [9.17, 15) is 0 Å². The Morgan fingerprint density at radius 3 is 2.21 bits per heavy atom. The zero-order chi connectivity index (χ0) is 17.5. The van der Waals surface area contributed by atoms with E-state index in [0.29, 0.717) is 12.7 Å². The molecular weight excluding hydrogens is 296 g/mol. The standard InChI is InChI=1S/C22H28O2/c1-6-19-11-17(4)22(18(5)12-19)13-20-7-9-21(10-8-20)24-15-23-14-16(2)3/h6-12,16H,1,13-15H2,2-5H3. The smallest absolute Gasteiger partial charge is 0.189 e. The van der Waals surface area contributed by atoms with Gasteiger partial charge in [0.1, 0.15) is 5.75 Å². The van der Waals surface area contributed by atoms with Crippen molar-refractivity contribution in [3.8, 4) is 5.75 Å². The molecule has 0 radical (unpaired) electrons. The summed E-state index contributed by atoms with van der Waals surface area (Å²) in [5, 5.41) is 0. The zero-order valence-electron chi connectivity index (χ0n) is 15.3. The summed E-state index contributed by atoms with van der Waals surface area (Å²) in [6, 6.07) is 12.7. The normalized spacial score (nSPS) is 10.9. The van der Waals surface area contributed by atoms with Crippen molar-refractivity contribution >= 4 is 6.08 Å². The Morgan fingerprint density at radius 1 is 1.04 bits per heavy atom. The van der Waals surface area contributed by atoms with Gasteiger partial charge in [0, 0.05) is 0 Å². The number of hydrogen-bond acceptors (Lipinski definition) is 2. The van der Waals surface area contributed by atoms with Crippen LogP contribution in [-0.2, 0) is 11.2 Å². The van der Waals surface area contributed by atoms with Crippen LogP contribution in [0, 0.1) is 19.8 Å². The van der Waals surface area contributed by atoms with E-state index in [4.69, 9.17) is 9.47 Å². The molecule has 0 N–H and O–H groups in total. The lowest BCUT2D eigenvalue weighted by atomic mass is 9.94. The predicted molar refractivity (Wildman–Crippen MR) is 102 cm³/mol. The third-order valence-electron chi connectivity index (χ3n) is 4.02. The summed E-state index contributed by atoms with van der Waals surface area (Å²) < 4.78 is 11.1. The highest BCUT2D eigenvalue weighted by atomic mass is 16.7. The van der Waals surface area contributed by atoms with Crippen molar-refractivity contribution in [2.45, 2.75) is 34.1 Å². The largest absolute Gasteiger partial charge is 0.468 e. The molecule has 0 fully saturated rings. The molecule has 0 aliphatic carbocycles. The Morgan fingerprint density at radius 2 is 1.67 bits per heavy atom. The Kier molecular flexibility index (Phi) is 6.62. The summed E-state index contributed by atoms with van der Waals surface area (Å²) in [7, 11) is 0. The van der Waals surface area contributed by atoms with E-state index < -0.39 is 0 Å². The second-order valence-electron chi connectivity index (χ2n) is 6.68. The average Bonchev–Trinajstić information content (AvgIpc) is 2.55. The molecule has 0 amide bonds. The third-order valence-corrected chi connectivity index (χ3v) is 4.02. The van der Waals surface area contributed by atoms with Gasteiger partial charge in [-0.1, -0.05) is 50.8 Å². The fraction of sp³-hybridized carbons (Fsp3) is 0.364. The lowest BCUT2D eigenvalue weighted by Gasteiger charge is -2.12. The van der Waals surface area contributed by atoms with Crippen molar-refractivity contribution in [2.24, 2.45) is 5.92 Å². The van der Waals surface area contributed by atoms with Crippen molar-refractivity contribution in [1.29, 1.82) is 0 Å². The first kappa shape index (κ1) is 18.3. The fourth-order valence-corrected chi connectivity index (χ4v) is 2.72. The first-order valence-corrected chi connectivity index (χ1v) is 8.51. The second-order valence-corrected chi connectivity index (χ2v) is 6.68. The fourth-order valence-electron chi connectivity index (χ4n) is 2.72. The molecule has 0 saturated heterocycles. The molecule has 2 rings (SSSR count). The number of hydrogen-bond donors (Lipinski definition) is 0. The van der Waals surface area contributed by atoms with Crippen LogP contribution in [0.5, 0.6) is 5.75 Å². The van der Waals surface area contributed by atoms with E-state index in [1.54, 1.807) is 0 Å². The van der Waals surface area contributed by atoms with Gasteiger partial charge < -0.3 is 9.47 Å². The van der Waals surface area contributed by atoms with Gasteiger partial charge in [-0.05, 0) is 66.1 Å². The van der Waals surface area contributed by atoms with Crippen LogP contribution in [-0.4, -0.2) is 13.4 Å². The molecule has 0 aliphatic rings. The van der Waals surface area contributed by atoms with Crippen LogP contribution < -0.4 is 4.74 Å². The van der Waals surface area contributed by atoms with Gasteiger partial charge in [-0.15, -0.1) is 0 Å². The summed E-state index contributed by atoms with van der Waals surface area (Å²) in [4.78, 5) is 0. The first-order chi connectivity index (χ1) is 11.5. The Labute approximate surface area is 146 Å². The number of ether oxygens (including phenoxy) is 2. The molecular formula is C22H28O2. The van der Waals surface area contributed by atoms with Crippen molar-refractivity contribution in [2.75, 3.05) is 13.4 Å². The number of aryl methyl sites for hydroxylation is 2. The molecule has 0 spiro atoms. The van der Waals surface area contributed by atoms with Crippen LogP contribution in [0.15, 0.2) is 43.0 Å². The van der Waals surface area contributed by atoms with Crippen LogP contribution in [0.1, 0.15) is 41.7 Å². The van der Waals surface area contributed by atoms with E-state index in [1.165, 1.54) is 27.8 Å². The van der Waals surface area contributed by atoms with Crippen LogP contribution in [0.3, 0.4) is 0 Å². The summed E-state index contributed by atoms with van der Waals surface area (Å²) in [5.74, 6) is 1.37. The summed E-state index contributed by atoms with van der Waals surface area (Å²) in [5.41, 5.74) is 6.47. The van der Waals surface area contributed by atoms with E-state index in [-0.39, 0.29) is 0 Å². The summed E-state index contributed by atoms with van der Waals surface area (Å²) in [6.07, 6.45) is 2.83. The molecule has 0 heterocycles. The van der Waals surface area contributed by atoms with Crippen molar-refractivity contribution in [3.05, 3.63) is 70.8 Å². The minimum Gasteiger partial charge on any atom is -0.468 e. The third kappa shape index (κ3) is 5.24. The molecule has 128 valence electrons. The van der Waals surface area contributed by atoms with Crippen molar-refractivity contribution in [3.63, 3.8) is 0 Å². The maximum absolute atomic E-state index is 5.61. The van der Waals surface area contributed by atoms with E-state index in [2.05, 4.69) is 58.5 Å². The van der Waals surface area contributed by atoms with Gasteiger partial charge in [0.2, 0.25) is 0 Å². The van der Waals surface area contributed by atoms with Gasteiger partial charge in [0.25, 0.3) is 0 Å². The number of rotatable bonds is 8. The van der Waals surface area contributed by atoms with Crippen LogP contribution in [0.25, 0.3) is 6.08 Å². The van der Waals surface area contributed by atoms with Crippen molar-refractivity contribution < 1.29 is 9.47 Å². The molecule has 0 aromatic heterocycles. The van der Waals surface area contributed by atoms with E-state index in [1.807, 2.05) is 18.2 Å². The SMILES string of the molecule is C=Cc1cc(C)c(Cc2ccc(OCOCC(C)C)cc2)c(C)c1. The second kappa shape index (κ2) is 8.70. The molecule has 2 aromatic carbocycles. The molecule has 0 atom stereocenters. The number of benzene rings is 2. The minimum absolute atomic E-state index is 0.304. The molecule has 2 nitrogen and oxygen atoms in total. The average molecular weight is 324 g/mol.